The fourth-order valence-electron chi connectivity index (χ4n) is 1.15. The predicted octanol–water partition coefficient (Wildman–Crippen LogP) is 1.60. The molecule has 1 aromatic rings. The Hall–Kier alpha value is -1.06. The van der Waals surface area contributed by atoms with Crippen LogP contribution in [0.4, 0.5) is 0 Å². The first-order chi connectivity index (χ1) is 8.81. The number of carbonyl (C=O) groups excluding carboxylic acids is 1. The maximum Gasteiger partial charge on any atom is 0.337 e. The Morgan fingerprint density at radius 1 is 1.47 bits per heavy atom. The molecule has 0 aromatic heterocycles. The SMILES string of the molecule is COC(=O)c1ccc(Br)c(S(=O)(=O)/N=C(/N)SC)c1. The molecular weight excluding hydrogens is 356 g/mol. The summed E-state index contributed by atoms with van der Waals surface area (Å²) in [5, 5.41) is -0.0876. The molecule has 0 bridgehead atoms. The quantitative estimate of drug-likeness (QED) is 0.495. The van der Waals surface area contributed by atoms with Crippen LogP contribution >= 0.6 is 27.7 Å². The highest BCUT2D eigenvalue weighted by Crippen LogP contribution is 2.25. The second kappa shape index (κ2) is 6.40. The van der Waals surface area contributed by atoms with Crippen molar-refractivity contribution in [2.75, 3.05) is 13.4 Å². The second-order valence-corrected chi connectivity index (χ2v) is 6.50. The number of nitrogens with two attached hydrogens (primary N) is 1. The molecule has 0 amide bonds. The van der Waals surface area contributed by atoms with Crippen LogP contribution in [0.2, 0.25) is 0 Å². The van der Waals surface area contributed by atoms with Crippen LogP contribution in [0.15, 0.2) is 32.0 Å². The number of ether oxygens (including phenoxy) is 1. The van der Waals surface area contributed by atoms with Crippen LogP contribution in [0.3, 0.4) is 0 Å². The Labute approximate surface area is 123 Å². The number of rotatable bonds is 3. The van der Waals surface area contributed by atoms with E-state index in [9.17, 15) is 13.2 Å². The van der Waals surface area contributed by atoms with Gasteiger partial charge in [-0.1, -0.05) is 11.8 Å². The van der Waals surface area contributed by atoms with Gasteiger partial charge < -0.3 is 10.5 Å². The summed E-state index contributed by atoms with van der Waals surface area (Å²) < 4.78 is 32.3. The van der Waals surface area contributed by atoms with Gasteiger partial charge in [0, 0.05) is 4.47 Å². The van der Waals surface area contributed by atoms with Crippen molar-refractivity contribution in [3.8, 4) is 0 Å². The summed E-state index contributed by atoms with van der Waals surface area (Å²) in [4.78, 5) is 11.2. The lowest BCUT2D eigenvalue weighted by Crippen LogP contribution is -2.11. The van der Waals surface area contributed by atoms with Gasteiger partial charge in [0.2, 0.25) is 0 Å². The lowest BCUT2D eigenvalue weighted by atomic mass is 10.2. The highest BCUT2D eigenvalue weighted by atomic mass is 79.9. The van der Waals surface area contributed by atoms with E-state index in [1.54, 1.807) is 6.26 Å². The average molecular weight is 367 g/mol. The zero-order chi connectivity index (χ0) is 14.6. The van der Waals surface area contributed by atoms with E-state index in [4.69, 9.17) is 5.73 Å². The van der Waals surface area contributed by atoms with Gasteiger partial charge in [-0.2, -0.15) is 8.42 Å². The highest BCUT2D eigenvalue weighted by Gasteiger charge is 2.20. The van der Waals surface area contributed by atoms with Crippen LogP contribution in [0, 0.1) is 0 Å². The van der Waals surface area contributed by atoms with E-state index >= 15 is 0 Å². The van der Waals surface area contributed by atoms with Gasteiger partial charge in [0.1, 0.15) is 4.90 Å². The zero-order valence-corrected chi connectivity index (χ0v) is 13.3. The Bertz CT molecular complexity index is 628. The van der Waals surface area contributed by atoms with Gasteiger partial charge in [-0.25, -0.2) is 4.79 Å². The smallest absolute Gasteiger partial charge is 0.337 e. The van der Waals surface area contributed by atoms with Crippen LogP contribution in [0.25, 0.3) is 0 Å². The number of nitrogens with zero attached hydrogens (tertiary/aromatic N) is 1. The van der Waals surface area contributed by atoms with E-state index in [0.717, 1.165) is 11.8 Å². The summed E-state index contributed by atoms with van der Waals surface area (Å²) in [6.45, 7) is 0. The molecule has 2 N–H and O–H groups in total. The minimum Gasteiger partial charge on any atom is -0.465 e. The molecule has 6 nitrogen and oxygen atoms in total. The number of esters is 1. The van der Waals surface area contributed by atoms with Crippen molar-refractivity contribution in [3.05, 3.63) is 28.2 Å². The summed E-state index contributed by atoms with van der Waals surface area (Å²) in [7, 11) is -2.77. The molecule has 0 fully saturated rings. The zero-order valence-electron chi connectivity index (χ0n) is 10.1. The van der Waals surface area contributed by atoms with E-state index in [-0.39, 0.29) is 20.1 Å². The van der Waals surface area contributed by atoms with E-state index in [1.165, 1.54) is 25.3 Å². The molecule has 0 saturated carbocycles. The van der Waals surface area contributed by atoms with Crippen LogP contribution in [-0.4, -0.2) is 32.9 Å². The van der Waals surface area contributed by atoms with Crippen molar-refractivity contribution in [2.45, 2.75) is 4.90 Å². The molecule has 0 radical (unpaired) electrons. The molecule has 0 unspecified atom stereocenters. The molecule has 1 aromatic carbocycles. The van der Waals surface area contributed by atoms with Gasteiger partial charge in [0.25, 0.3) is 10.0 Å². The number of methoxy groups -OCH3 is 1. The van der Waals surface area contributed by atoms with E-state index in [0.29, 0.717) is 0 Å². The summed E-state index contributed by atoms with van der Waals surface area (Å²) in [6.07, 6.45) is 1.61. The fraction of sp³-hybridized carbons (Fsp3) is 0.200. The lowest BCUT2D eigenvalue weighted by Gasteiger charge is -2.05. The minimum atomic E-state index is -3.98. The summed E-state index contributed by atoms with van der Waals surface area (Å²) in [5.41, 5.74) is 5.51. The molecule has 0 aliphatic heterocycles. The number of carbonyl (C=O) groups is 1. The second-order valence-electron chi connectivity index (χ2n) is 3.25. The number of hydrogen-bond donors (Lipinski definition) is 1. The number of hydrogen-bond acceptors (Lipinski definition) is 5. The standard InChI is InChI=1S/C10H11BrN2O4S2/c1-17-9(14)6-3-4-7(11)8(5-6)19(15,16)13-10(12)18-2/h3-5H,1-2H3,(H2,12,13). The topological polar surface area (TPSA) is 98.8 Å². The van der Waals surface area contributed by atoms with Crippen molar-refractivity contribution in [1.82, 2.24) is 0 Å². The minimum absolute atomic E-state index is 0.0876. The largest absolute Gasteiger partial charge is 0.465 e. The maximum absolute atomic E-state index is 12.0. The lowest BCUT2D eigenvalue weighted by molar-refractivity contribution is 0.0600. The average Bonchev–Trinajstić information content (AvgIpc) is 2.37. The Morgan fingerprint density at radius 2 is 2.11 bits per heavy atom. The van der Waals surface area contributed by atoms with Crippen LogP contribution < -0.4 is 5.73 Å². The fourth-order valence-corrected chi connectivity index (χ4v) is 3.53. The van der Waals surface area contributed by atoms with Crippen molar-refractivity contribution >= 4 is 48.9 Å². The van der Waals surface area contributed by atoms with Crippen molar-refractivity contribution < 1.29 is 17.9 Å². The first-order valence-corrected chi connectivity index (χ1v) is 8.30. The van der Waals surface area contributed by atoms with Gasteiger partial charge in [-0.15, -0.1) is 4.40 Å². The normalized spacial score (nSPS) is 12.3. The third kappa shape index (κ3) is 3.95. The van der Waals surface area contributed by atoms with Crippen LogP contribution in [0.1, 0.15) is 10.4 Å². The Morgan fingerprint density at radius 3 is 2.63 bits per heavy atom. The van der Waals surface area contributed by atoms with Gasteiger partial charge in [0.15, 0.2) is 5.17 Å². The predicted molar refractivity (Wildman–Crippen MR) is 77.8 cm³/mol. The molecule has 0 atom stereocenters. The van der Waals surface area contributed by atoms with Crippen molar-refractivity contribution in [3.63, 3.8) is 0 Å². The highest BCUT2D eigenvalue weighted by molar-refractivity contribution is 9.10. The summed E-state index contributed by atoms with van der Waals surface area (Å²) in [5.74, 6) is -0.634. The van der Waals surface area contributed by atoms with E-state index in [2.05, 4.69) is 25.1 Å². The van der Waals surface area contributed by atoms with Crippen molar-refractivity contribution in [1.29, 1.82) is 0 Å². The Kier molecular flexibility index (Phi) is 5.39. The van der Waals surface area contributed by atoms with Gasteiger partial charge in [-0.05, 0) is 40.4 Å². The molecule has 19 heavy (non-hydrogen) atoms. The Balaban J connectivity index is 3.38. The number of amidine groups is 1. The number of thioether (sulfide) groups is 1. The van der Waals surface area contributed by atoms with Crippen LogP contribution in [-0.2, 0) is 14.8 Å². The van der Waals surface area contributed by atoms with E-state index in [1.807, 2.05) is 0 Å². The number of benzene rings is 1. The van der Waals surface area contributed by atoms with Gasteiger partial charge >= 0.3 is 5.97 Å². The molecule has 0 spiro atoms. The van der Waals surface area contributed by atoms with Gasteiger partial charge in [0.05, 0.1) is 12.7 Å². The van der Waals surface area contributed by atoms with Crippen LogP contribution in [0.5, 0.6) is 0 Å². The number of sulfonamides is 1. The molecule has 0 aliphatic carbocycles. The molecule has 0 saturated heterocycles. The molecule has 0 heterocycles. The molecule has 1 rings (SSSR count). The van der Waals surface area contributed by atoms with E-state index < -0.39 is 16.0 Å². The first-order valence-electron chi connectivity index (χ1n) is 4.84. The van der Waals surface area contributed by atoms with Crippen molar-refractivity contribution in [2.24, 2.45) is 10.1 Å². The molecule has 0 aliphatic rings. The monoisotopic (exact) mass is 366 g/mol. The third-order valence-corrected chi connectivity index (χ3v) is 4.96. The molecular formula is C10H11BrN2O4S2. The summed E-state index contributed by atoms with van der Waals surface area (Å²) >= 11 is 4.11. The van der Waals surface area contributed by atoms with Gasteiger partial charge in [-0.3, -0.25) is 0 Å². The maximum atomic E-state index is 12.0. The first kappa shape index (κ1) is 16.0. The number of halogens is 1. The molecule has 104 valence electrons. The summed E-state index contributed by atoms with van der Waals surface area (Å²) in [6, 6.07) is 4.06. The molecule has 9 heteroatoms. The third-order valence-electron chi connectivity index (χ3n) is 2.05.